The van der Waals surface area contributed by atoms with Gasteiger partial charge in [0.1, 0.15) is 11.6 Å². The molecule has 1 aromatic rings. The van der Waals surface area contributed by atoms with Crippen molar-refractivity contribution >= 4 is 0 Å². The Morgan fingerprint density at radius 2 is 2.00 bits per heavy atom. The summed E-state index contributed by atoms with van der Waals surface area (Å²) in [6.45, 7) is 3.86. The highest BCUT2D eigenvalue weighted by atomic mass is 19.1. The molecular weight excluding hydrogens is 267 g/mol. The molecular formula is C17H27FN2O. The first-order chi connectivity index (χ1) is 10.1. The number of halogens is 1. The minimum Gasteiger partial charge on any atom is -0.497 e. The smallest absolute Gasteiger partial charge is 0.131 e. The third-order valence-corrected chi connectivity index (χ3v) is 4.49. The van der Waals surface area contributed by atoms with Crippen LogP contribution in [0.3, 0.4) is 0 Å². The van der Waals surface area contributed by atoms with Crippen LogP contribution < -0.4 is 10.1 Å². The van der Waals surface area contributed by atoms with E-state index in [-0.39, 0.29) is 5.82 Å². The molecule has 1 N–H and O–H groups in total. The molecule has 0 saturated heterocycles. The second-order valence-electron chi connectivity index (χ2n) is 5.94. The lowest BCUT2D eigenvalue weighted by Crippen LogP contribution is -2.40. The van der Waals surface area contributed by atoms with Crippen LogP contribution in [0.1, 0.15) is 38.2 Å². The van der Waals surface area contributed by atoms with Crippen molar-refractivity contribution in [2.24, 2.45) is 0 Å². The van der Waals surface area contributed by atoms with E-state index in [2.05, 4.69) is 24.2 Å². The molecule has 2 rings (SSSR count). The number of methoxy groups -OCH3 is 1. The maximum Gasteiger partial charge on any atom is 0.131 e. The maximum absolute atomic E-state index is 14.0. The topological polar surface area (TPSA) is 24.5 Å². The van der Waals surface area contributed by atoms with Crippen LogP contribution in [0.5, 0.6) is 5.75 Å². The highest BCUT2D eigenvalue weighted by molar-refractivity contribution is 5.28. The molecule has 1 aliphatic rings. The Balaban J connectivity index is 1.88. The summed E-state index contributed by atoms with van der Waals surface area (Å²) in [6, 6.07) is 6.34. The second-order valence-corrected chi connectivity index (χ2v) is 5.94. The summed E-state index contributed by atoms with van der Waals surface area (Å²) in [7, 11) is 3.66. The number of nitrogens with zero attached hydrogens (tertiary/aromatic N) is 1. The van der Waals surface area contributed by atoms with E-state index in [0.717, 1.165) is 12.1 Å². The molecule has 0 amide bonds. The van der Waals surface area contributed by atoms with Crippen LogP contribution in [-0.2, 0) is 6.54 Å². The molecule has 0 aliphatic heterocycles. The van der Waals surface area contributed by atoms with Gasteiger partial charge in [0, 0.05) is 30.3 Å². The number of hydrogen-bond donors (Lipinski definition) is 1. The molecule has 0 heterocycles. The van der Waals surface area contributed by atoms with Crippen LogP contribution in [0.2, 0.25) is 0 Å². The summed E-state index contributed by atoms with van der Waals surface area (Å²) < 4.78 is 19.1. The zero-order valence-electron chi connectivity index (χ0n) is 13.4. The summed E-state index contributed by atoms with van der Waals surface area (Å²) in [5.74, 6) is 0.396. The van der Waals surface area contributed by atoms with Crippen molar-refractivity contribution in [2.75, 3.05) is 20.7 Å². The standard InChI is InChI=1S/C17H27FN2O/c1-4-19-14-6-8-15(9-7-14)20(2)12-13-5-10-16(21-3)11-17(13)18/h5,10-11,14-15,19H,4,6-9,12H2,1-3H3. The molecule has 1 saturated carbocycles. The molecule has 0 unspecified atom stereocenters. The molecule has 4 heteroatoms. The lowest BCUT2D eigenvalue weighted by molar-refractivity contribution is 0.167. The summed E-state index contributed by atoms with van der Waals surface area (Å²) in [6.07, 6.45) is 4.81. The average Bonchev–Trinajstić information content (AvgIpc) is 2.50. The van der Waals surface area contributed by atoms with E-state index >= 15 is 0 Å². The van der Waals surface area contributed by atoms with E-state index in [1.807, 2.05) is 12.1 Å². The van der Waals surface area contributed by atoms with Crippen LogP contribution in [0.25, 0.3) is 0 Å². The number of hydrogen-bond acceptors (Lipinski definition) is 3. The minimum atomic E-state index is -0.178. The highest BCUT2D eigenvalue weighted by Crippen LogP contribution is 2.25. The van der Waals surface area contributed by atoms with Gasteiger partial charge in [-0.25, -0.2) is 4.39 Å². The molecule has 1 aliphatic carbocycles. The summed E-state index contributed by atoms with van der Waals surface area (Å²) >= 11 is 0. The zero-order chi connectivity index (χ0) is 15.2. The van der Waals surface area contributed by atoms with Gasteiger partial charge in [0.15, 0.2) is 0 Å². The van der Waals surface area contributed by atoms with Crippen LogP contribution in [-0.4, -0.2) is 37.7 Å². The van der Waals surface area contributed by atoms with E-state index in [1.165, 1.54) is 31.7 Å². The number of benzene rings is 1. The molecule has 1 aromatic carbocycles. The van der Waals surface area contributed by atoms with Crippen molar-refractivity contribution in [2.45, 2.75) is 51.2 Å². The monoisotopic (exact) mass is 294 g/mol. The van der Waals surface area contributed by atoms with Crippen molar-refractivity contribution in [1.82, 2.24) is 10.2 Å². The Morgan fingerprint density at radius 3 is 2.57 bits per heavy atom. The molecule has 0 aromatic heterocycles. The molecule has 118 valence electrons. The van der Waals surface area contributed by atoms with Gasteiger partial charge in [-0.1, -0.05) is 13.0 Å². The normalized spacial score (nSPS) is 22.5. The van der Waals surface area contributed by atoms with Crippen molar-refractivity contribution in [1.29, 1.82) is 0 Å². The Bertz CT molecular complexity index is 444. The summed E-state index contributed by atoms with van der Waals surface area (Å²) in [5, 5.41) is 3.52. The van der Waals surface area contributed by atoms with Gasteiger partial charge in [-0.3, -0.25) is 4.90 Å². The lowest BCUT2D eigenvalue weighted by Gasteiger charge is -2.35. The van der Waals surface area contributed by atoms with E-state index < -0.39 is 0 Å². The zero-order valence-corrected chi connectivity index (χ0v) is 13.4. The summed E-state index contributed by atoms with van der Waals surface area (Å²) in [4.78, 5) is 2.28. The van der Waals surface area contributed by atoms with Gasteiger partial charge in [0.2, 0.25) is 0 Å². The lowest BCUT2D eigenvalue weighted by atomic mass is 9.90. The van der Waals surface area contributed by atoms with Crippen molar-refractivity contribution in [3.63, 3.8) is 0 Å². The molecule has 0 atom stereocenters. The van der Waals surface area contributed by atoms with E-state index in [4.69, 9.17) is 4.74 Å². The first kappa shape index (κ1) is 16.2. The largest absolute Gasteiger partial charge is 0.497 e. The Morgan fingerprint density at radius 1 is 1.29 bits per heavy atom. The van der Waals surface area contributed by atoms with Gasteiger partial charge in [-0.2, -0.15) is 0 Å². The fraction of sp³-hybridized carbons (Fsp3) is 0.647. The average molecular weight is 294 g/mol. The third kappa shape index (κ3) is 4.42. The first-order valence-electron chi connectivity index (χ1n) is 7.90. The van der Waals surface area contributed by atoms with E-state index in [0.29, 0.717) is 24.4 Å². The molecule has 0 radical (unpaired) electrons. The van der Waals surface area contributed by atoms with Crippen molar-refractivity contribution < 1.29 is 9.13 Å². The van der Waals surface area contributed by atoms with Crippen molar-refractivity contribution in [3.8, 4) is 5.75 Å². The highest BCUT2D eigenvalue weighted by Gasteiger charge is 2.23. The van der Waals surface area contributed by atoms with Gasteiger partial charge in [0.05, 0.1) is 7.11 Å². The molecule has 3 nitrogen and oxygen atoms in total. The van der Waals surface area contributed by atoms with Gasteiger partial charge in [-0.15, -0.1) is 0 Å². The number of nitrogens with one attached hydrogen (secondary N) is 1. The fourth-order valence-corrected chi connectivity index (χ4v) is 3.19. The van der Waals surface area contributed by atoms with Gasteiger partial charge in [0.25, 0.3) is 0 Å². The second kappa shape index (κ2) is 7.76. The molecule has 0 bridgehead atoms. The van der Waals surface area contributed by atoms with Crippen LogP contribution in [0.15, 0.2) is 18.2 Å². The maximum atomic E-state index is 14.0. The van der Waals surface area contributed by atoms with Crippen molar-refractivity contribution in [3.05, 3.63) is 29.6 Å². The Kier molecular flexibility index (Phi) is 6.00. The molecule has 1 fully saturated rings. The van der Waals surface area contributed by atoms with E-state index in [9.17, 15) is 4.39 Å². The molecule has 0 spiro atoms. The first-order valence-corrected chi connectivity index (χ1v) is 7.90. The predicted octanol–water partition coefficient (Wildman–Crippen LogP) is 3.19. The van der Waals surface area contributed by atoms with E-state index in [1.54, 1.807) is 7.11 Å². The van der Waals surface area contributed by atoms with Crippen LogP contribution in [0.4, 0.5) is 4.39 Å². The fourth-order valence-electron chi connectivity index (χ4n) is 3.19. The molecule has 21 heavy (non-hydrogen) atoms. The minimum absolute atomic E-state index is 0.178. The van der Waals surface area contributed by atoms with Gasteiger partial charge < -0.3 is 10.1 Å². The Hall–Kier alpha value is -1.13. The quantitative estimate of drug-likeness (QED) is 0.872. The van der Waals surface area contributed by atoms with Crippen LogP contribution >= 0.6 is 0 Å². The number of rotatable bonds is 6. The predicted molar refractivity (Wildman–Crippen MR) is 84.1 cm³/mol. The SMILES string of the molecule is CCNC1CCC(N(C)Cc2ccc(OC)cc2F)CC1. The third-order valence-electron chi connectivity index (χ3n) is 4.49. The van der Waals surface area contributed by atoms with Crippen LogP contribution in [0, 0.1) is 5.82 Å². The number of ether oxygens (including phenoxy) is 1. The Labute approximate surface area is 127 Å². The van der Waals surface area contributed by atoms with Gasteiger partial charge >= 0.3 is 0 Å². The van der Waals surface area contributed by atoms with Gasteiger partial charge in [-0.05, 0) is 45.3 Å². The summed E-state index contributed by atoms with van der Waals surface area (Å²) in [5.41, 5.74) is 0.743.